The summed E-state index contributed by atoms with van der Waals surface area (Å²) in [6, 6.07) is 58.3. The predicted octanol–water partition coefficient (Wildman–Crippen LogP) is 11.8. The van der Waals surface area contributed by atoms with Crippen molar-refractivity contribution >= 4 is 33.2 Å². The van der Waals surface area contributed by atoms with Crippen molar-refractivity contribution in [1.29, 1.82) is 0 Å². The molecule has 0 heteroatoms. The number of fused-ring (bicyclic) bond motifs is 7. The Bertz CT molecular complexity index is 2870. The Morgan fingerprint density at radius 3 is 2.00 bits per heavy atom. The molecule has 0 saturated carbocycles. The Morgan fingerprint density at radius 2 is 1.16 bits per heavy atom. The summed E-state index contributed by atoms with van der Waals surface area (Å²) in [6.45, 7) is 8.97. The Morgan fingerprint density at radius 1 is 0.510 bits per heavy atom. The van der Waals surface area contributed by atoms with Crippen molar-refractivity contribution in [3.8, 4) is 44.5 Å². The molecule has 0 atom stereocenters. The fourth-order valence-corrected chi connectivity index (χ4v) is 8.88. The maximum absolute atomic E-state index is 4.30. The van der Waals surface area contributed by atoms with Crippen LogP contribution in [0.15, 0.2) is 170 Å². The van der Waals surface area contributed by atoms with E-state index in [0.717, 1.165) is 5.57 Å². The van der Waals surface area contributed by atoms with E-state index in [1.165, 1.54) is 98.7 Å². The van der Waals surface area contributed by atoms with Gasteiger partial charge in [0.05, 0.1) is 0 Å². The van der Waals surface area contributed by atoms with Gasteiger partial charge in [0.25, 0.3) is 0 Å². The second-order valence-corrected chi connectivity index (χ2v) is 14.5. The molecule has 240 valence electrons. The molecule has 0 heterocycles. The maximum Gasteiger partial charge on any atom is 0.0159 e. The van der Waals surface area contributed by atoms with Crippen LogP contribution in [-0.2, 0) is 5.41 Å². The van der Waals surface area contributed by atoms with E-state index in [4.69, 9.17) is 0 Å². The highest BCUT2D eigenvalue weighted by Crippen LogP contribution is 2.50. The molecule has 51 heavy (non-hydrogen) atoms. The summed E-state index contributed by atoms with van der Waals surface area (Å²) >= 11 is 0. The van der Waals surface area contributed by atoms with E-state index >= 15 is 0 Å². The van der Waals surface area contributed by atoms with Gasteiger partial charge in [-0.3, -0.25) is 0 Å². The van der Waals surface area contributed by atoms with Gasteiger partial charge in [-0.2, -0.15) is 0 Å². The van der Waals surface area contributed by atoms with Gasteiger partial charge in [0, 0.05) is 5.41 Å². The number of benzene rings is 8. The van der Waals surface area contributed by atoms with E-state index in [-0.39, 0.29) is 5.41 Å². The number of rotatable bonds is 4. The smallest absolute Gasteiger partial charge is 0.0159 e. The zero-order chi connectivity index (χ0) is 34.3. The molecule has 0 bridgehead atoms. The van der Waals surface area contributed by atoms with E-state index in [1.807, 2.05) is 6.08 Å². The molecule has 0 unspecified atom stereocenters. The van der Waals surface area contributed by atoms with Crippen molar-refractivity contribution in [2.24, 2.45) is 0 Å². The normalized spacial score (nSPS) is 14.4. The molecule has 0 aromatic heterocycles. The van der Waals surface area contributed by atoms with Gasteiger partial charge in [-0.25, -0.2) is 0 Å². The topological polar surface area (TPSA) is 0 Å². The first-order valence-electron chi connectivity index (χ1n) is 17.9. The molecule has 8 aromatic rings. The molecule has 0 amide bonds. The first-order chi connectivity index (χ1) is 25.0. The van der Waals surface area contributed by atoms with Crippen molar-refractivity contribution in [2.75, 3.05) is 0 Å². The lowest BCUT2D eigenvalue weighted by atomic mass is 9.81. The third-order valence-corrected chi connectivity index (χ3v) is 11.4. The quantitative estimate of drug-likeness (QED) is 0.178. The molecular formula is C51H36. The van der Waals surface area contributed by atoms with Crippen LogP contribution in [-0.4, -0.2) is 0 Å². The van der Waals surface area contributed by atoms with Crippen LogP contribution in [0.1, 0.15) is 36.1 Å². The Hall–Kier alpha value is -6.24. The summed E-state index contributed by atoms with van der Waals surface area (Å²) in [4.78, 5) is 0. The van der Waals surface area contributed by atoms with Crippen LogP contribution in [0.2, 0.25) is 0 Å². The predicted molar refractivity (Wildman–Crippen MR) is 217 cm³/mol. The zero-order valence-corrected chi connectivity index (χ0v) is 28.9. The van der Waals surface area contributed by atoms with Gasteiger partial charge in [0.1, 0.15) is 0 Å². The number of hydrogen-bond acceptors (Lipinski definition) is 0. The average Bonchev–Trinajstić information content (AvgIpc) is 3.62. The number of hydrogen-bond donors (Lipinski definition) is 0. The molecular weight excluding hydrogens is 613 g/mol. The van der Waals surface area contributed by atoms with Gasteiger partial charge in [0.2, 0.25) is 0 Å². The molecule has 0 N–H and O–H groups in total. The Balaban J connectivity index is 1.05. The molecule has 0 nitrogen and oxygen atoms in total. The van der Waals surface area contributed by atoms with Gasteiger partial charge in [-0.1, -0.05) is 166 Å². The van der Waals surface area contributed by atoms with Gasteiger partial charge in [0.15, 0.2) is 0 Å². The highest BCUT2D eigenvalue weighted by molar-refractivity contribution is 6.18. The minimum absolute atomic E-state index is 0.0506. The maximum atomic E-state index is 4.30. The SMILES string of the molecule is C=CC(c1ccc2c(c1)C(C)(C)c1ccccc1-2)=c1ccccc1=Cc1ccc2cc(-c3ccc4c5c(cccc35)-c3ccccc3-4)ccc2c1. The third-order valence-electron chi connectivity index (χ3n) is 11.4. The first-order valence-corrected chi connectivity index (χ1v) is 17.9. The molecule has 0 aliphatic heterocycles. The van der Waals surface area contributed by atoms with Crippen molar-refractivity contribution in [1.82, 2.24) is 0 Å². The second-order valence-electron chi connectivity index (χ2n) is 14.5. The first kappa shape index (κ1) is 29.7. The summed E-state index contributed by atoms with van der Waals surface area (Å²) in [5, 5.41) is 7.52. The van der Waals surface area contributed by atoms with Crippen LogP contribution < -0.4 is 10.4 Å². The number of allylic oxidation sites excluding steroid dienone is 1. The molecule has 2 aliphatic carbocycles. The molecule has 2 aliphatic rings. The van der Waals surface area contributed by atoms with Gasteiger partial charge in [-0.05, 0) is 129 Å². The van der Waals surface area contributed by atoms with Crippen LogP contribution in [0.3, 0.4) is 0 Å². The summed E-state index contributed by atoms with van der Waals surface area (Å²) in [6.07, 6.45) is 4.32. The Labute approximate surface area is 299 Å². The molecule has 0 saturated heterocycles. The van der Waals surface area contributed by atoms with E-state index < -0.39 is 0 Å². The van der Waals surface area contributed by atoms with E-state index in [1.54, 1.807) is 0 Å². The monoisotopic (exact) mass is 648 g/mol. The van der Waals surface area contributed by atoms with Crippen LogP contribution >= 0.6 is 0 Å². The van der Waals surface area contributed by atoms with Gasteiger partial charge < -0.3 is 0 Å². The molecule has 0 spiro atoms. The average molecular weight is 649 g/mol. The van der Waals surface area contributed by atoms with E-state index in [0.29, 0.717) is 0 Å². The van der Waals surface area contributed by atoms with Gasteiger partial charge >= 0.3 is 0 Å². The minimum Gasteiger partial charge on any atom is -0.0984 e. The molecule has 8 aromatic carbocycles. The highest BCUT2D eigenvalue weighted by Gasteiger charge is 2.35. The molecule has 0 fully saturated rings. The van der Waals surface area contributed by atoms with Crippen molar-refractivity contribution in [3.63, 3.8) is 0 Å². The third kappa shape index (κ3) is 4.46. The lowest BCUT2D eigenvalue weighted by Gasteiger charge is -2.22. The van der Waals surface area contributed by atoms with Crippen LogP contribution in [0.5, 0.6) is 0 Å². The summed E-state index contributed by atoms with van der Waals surface area (Å²) in [5.74, 6) is 0. The van der Waals surface area contributed by atoms with Crippen LogP contribution in [0.25, 0.3) is 77.7 Å². The lowest BCUT2D eigenvalue weighted by Crippen LogP contribution is -2.26. The van der Waals surface area contributed by atoms with Crippen molar-refractivity contribution in [3.05, 3.63) is 203 Å². The lowest BCUT2D eigenvalue weighted by molar-refractivity contribution is 0.660. The van der Waals surface area contributed by atoms with Crippen LogP contribution in [0.4, 0.5) is 0 Å². The summed E-state index contributed by atoms with van der Waals surface area (Å²) < 4.78 is 0. The standard InChI is InChI=1S/C51H36/c1-4-38(37-24-25-44-43-16-9-10-19-48(43)51(2,3)49(44)31-37)39-13-6-5-12-35(39)29-32-20-21-34-30-36(23-22-33(34)28-32)40-26-27-47-42-15-8-7-14-41(42)46-18-11-17-45(40)50(46)47/h4-31H,1H2,2-3H3. The zero-order valence-electron chi connectivity index (χ0n) is 28.9. The molecule has 10 rings (SSSR count). The highest BCUT2D eigenvalue weighted by atomic mass is 14.4. The van der Waals surface area contributed by atoms with Crippen molar-refractivity contribution in [2.45, 2.75) is 19.3 Å². The summed E-state index contributed by atoms with van der Waals surface area (Å²) in [7, 11) is 0. The van der Waals surface area contributed by atoms with Crippen molar-refractivity contribution < 1.29 is 0 Å². The van der Waals surface area contributed by atoms with E-state index in [9.17, 15) is 0 Å². The second kappa shape index (κ2) is 11.1. The molecule has 0 radical (unpaired) electrons. The summed E-state index contributed by atoms with van der Waals surface area (Å²) in [5.41, 5.74) is 16.8. The fraction of sp³-hybridized carbons (Fsp3) is 0.0588. The fourth-order valence-electron chi connectivity index (χ4n) is 8.88. The minimum atomic E-state index is -0.0506. The van der Waals surface area contributed by atoms with E-state index in [2.05, 4.69) is 184 Å². The van der Waals surface area contributed by atoms with Gasteiger partial charge in [-0.15, -0.1) is 0 Å². The van der Waals surface area contributed by atoms with Crippen LogP contribution in [0, 0.1) is 0 Å². The largest absolute Gasteiger partial charge is 0.0984 e. The Kier molecular flexibility index (Phi) is 6.48.